The molecule has 0 N–H and O–H groups in total. The zero-order chi connectivity index (χ0) is 44.1. The normalized spacial score (nSPS) is 20.5. The van der Waals surface area contributed by atoms with Gasteiger partial charge in [0.2, 0.25) is 17.7 Å². The lowest BCUT2D eigenvalue weighted by atomic mass is 9.79. The average Bonchev–Trinajstić information content (AvgIpc) is 3.85. The minimum absolute atomic E-state index is 0.0797. The molecule has 334 valence electrons. The summed E-state index contributed by atoms with van der Waals surface area (Å²) in [4.78, 5) is 47.1. The number of alkyl halides is 2. The van der Waals surface area contributed by atoms with Gasteiger partial charge in [0.15, 0.2) is 0 Å². The van der Waals surface area contributed by atoms with Crippen LogP contribution in [0.5, 0.6) is 0 Å². The van der Waals surface area contributed by atoms with Gasteiger partial charge in [-0.05, 0) is 98.9 Å². The summed E-state index contributed by atoms with van der Waals surface area (Å²) in [6.07, 6.45) is 12.0. The van der Waals surface area contributed by atoms with Gasteiger partial charge in [0, 0.05) is 101 Å². The van der Waals surface area contributed by atoms with Gasteiger partial charge in [0.25, 0.3) is 0 Å². The van der Waals surface area contributed by atoms with Crippen molar-refractivity contribution in [1.29, 1.82) is 0 Å². The summed E-state index contributed by atoms with van der Waals surface area (Å²) in [6.45, 7) is 17.5. The number of ether oxygens (including phenoxy) is 1. The molecule has 0 radical (unpaired) electrons. The van der Waals surface area contributed by atoms with Crippen LogP contribution in [0.15, 0.2) is 60.9 Å². The summed E-state index contributed by atoms with van der Waals surface area (Å²) in [5.41, 5.74) is 9.15. The zero-order valence-electron chi connectivity index (χ0n) is 37.7. The van der Waals surface area contributed by atoms with E-state index in [4.69, 9.17) is 4.74 Å². The third-order valence-electron chi connectivity index (χ3n) is 13.4. The Morgan fingerprint density at radius 1 is 0.694 bits per heavy atom. The zero-order valence-corrected chi connectivity index (χ0v) is 37.7. The number of carbonyl (C=O) groups is 3. The first-order chi connectivity index (χ1) is 30.2. The predicted octanol–water partition coefficient (Wildman–Crippen LogP) is 8.26. The van der Waals surface area contributed by atoms with Gasteiger partial charge < -0.3 is 19.1 Å². The van der Waals surface area contributed by atoms with Crippen molar-refractivity contribution in [3.8, 4) is 0 Å². The molecule has 62 heavy (non-hydrogen) atoms. The van der Waals surface area contributed by atoms with Crippen molar-refractivity contribution in [3.63, 3.8) is 0 Å². The number of rotatable bonds is 16. The Labute approximate surface area is 366 Å². The van der Waals surface area contributed by atoms with Crippen LogP contribution in [0.4, 0.5) is 8.78 Å². The van der Waals surface area contributed by atoms with Crippen molar-refractivity contribution in [2.45, 2.75) is 92.5 Å². The third kappa shape index (κ3) is 8.67. The first-order valence-corrected chi connectivity index (χ1v) is 23.1. The van der Waals surface area contributed by atoms with Crippen molar-refractivity contribution in [2.75, 3.05) is 72.3 Å². The highest BCUT2D eigenvalue weighted by atomic mass is 19.1. The molecule has 4 aromatic rings. The molecule has 2 aromatic heterocycles. The Kier molecular flexibility index (Phi) is 14.8. The SMILES string of the molecule is CCC(=O)n1cc2c3c(cccc31)C1=CC(C(=O)N(CC)CC)CN(CCCF)[C@@H]1C2.CCCOCn1cc2c3c(cccc31)C1=C[C@@H](C(=O)N(CC)CC)CN(CCF)[C@@H]1C2. The quantitative estimate of drug-likeness (QED) is 0.106. The van der Waals surface area contributed by atoms with E-state index in [0.29, 0.717) is 71.9 Å². The molecule has 0 saturated carbocycles. The first-order valence-electron chi connectivity index (χ1n) is 23.1. The number of hydrogen-bond donors (Lipinski definition) is 0. The number of halogens is 2. The second kappa shape index (κ2) is 20.2. The summed E-state index contributed by atoms with van der Waals surface area (Å²) >= 11 is 0. The van der Waals surface area contributed by atoms with Gasteiger partial charge in [-0.25, -0.2) is 4.39 Å². The molecular formula is C50H66F2N6O4. The highest BCUT2D eigenvalue weighted by molar-refractivity contribution is 6.03. The molecule has 4 atom stereocenters. The molecule has 0 saturated heterocycles. The smallest absolute Gasteiger partial charge is 0.230 e. The molecule has 12 heteroatoms. The van der Waals surface area contributed by atoms with E-state index in [0.717, 1.165) is 59.0 Å². The Bertz CT molecular complexity index is 2300. The van der Waals surface area contributed by atoms with E-state index in [-0.39, 0.29) is 48.3 Å². The molecule has 2 aromatic carbocycles. The average molecular weight is 853 g/mol. The van der Waals surface area contributed by atoms with Gasteiger partial charge in [-0.15, -0.1) is 0 Å². The van der Waals surface area contributed by atoms with E-state index >= 15 is 0 Å². The fourth-order valence-electron chi connectivity index (χ4n) is 10.4. The summed E-state index contributed by atoms with van der Waals surface area (Å²) in [5.74, 6) is -0.108. The molecule has 1 unspecified atom stereocenters. The van der Waals surface area contributed by atoms with Crippen LogP contribution in [-0.4, -0.2) is 131 Å². The summed E-state index contributed by atoms with van der Waals surface area (Å²) in [6, 6.07) is 12.7. The van der Waals surface area contributed by atoms with E-state index in [1.165, 1.54) is 22.1 Å². The van der Waals surface area contributed by atoms with E-state index in [2.05, 4.69) is 63.9 Å². The molecular weight excluding hydrogens is 787 g/mol. The van der Waals surface area contributed by atoms with E-state index in [9.17, 15) is 23.2 Å². The maximum Gasteiger partial charge on any atom is 0.230 e. The lowest BCUT2D eigenvalue weighted by molar-refractivity contribution is -0.135. The van der Waals surface area contributed by atoms with Crippen molar-refractivity contribution < 1.29 is 27.9 Å². The standard InChI is InChI=1S/C25H32FN3O2.C25H34FN3O2/c1-4-23(30)29-16-17-14-22-20(19-9-7-10-21(29)24(17)19)13-18(15-28(22)12-8-11-26)25(31)27(5-2)6-3;1-4-12-31-17-29-15-18-14-23-21(20-8-7-9-22(29)24(18)20)13-19(16-28(23)11-10-26)25(30)27(5-2)6-3/h7,9-10,13,16,18,22H,4-6,8,11-12,14-15H2,1-3H3;7-9,13,15,19,23H,4-6,10-12,14,16-17H2,1-3H3/t18?,22-;19-,23-/m11/s1. The molecule has 4 aliphatic rings. The lowest BCUT2D eigenvalue weighted by Gasteiger charge is -2.42. The maximum absolute atomic E-state index is 13.5. The number of carbonyl (C=O) groups excluding carboxylic acids is 3. The monoisotopic (exact) mass is 853 g/mol. The van der Waals surface area contributed by atoms with Gasteiger partial charge in [0.1, 0.15) is 13.4 Å². The van der Waals surface area contributed by atoms with Crippen LogP contribution in [0, 0.1) is 11.8 Å². The number of nitrogens with zero attached hydrogens (tertiary/aromatic N) is 6. The summed E-state index contributed by atoms with van der Waals surface area (Å²) in [7, 11) is 0. The lowest BCUT2D eigenvalue weighted by Crippen LogP contribution is -2.49. The van der Waals surface area contributed by atoms with Crippen LogP contribution in [0.1, 0.15) is 87.9 Å². The van der Waals surface area contributed by atoms with Crippen LogP contribution >= 0.6 is 0 Å². The topological polar surface area (TPSA) is 83.3 Å². The van der Waals surface area contributed by atoms with Crippen molar-refractivity contribution in [3.05, 3.63) is 83.2 Å². The van der Waals surface area contributed by atoms with Crippen molar-refractivity contribution >= 4 is 50.7 Å². The second-order valence-corrected chi connectivity index (χ2v) is 17.0. The van der Waals surface area contributed by atoms with Gasteiger partial charge in [0.05, 0.1) is 29.5 Å². The Hall–Kier alpha value is -4.65. The molecule has 2 amide bonds. The largest absolute Gasteiger partial charge is 0.361 e. The van der Waals surface area contributed by atoms with Gasteiger partial charge in [-0.1, -0.05) is 50.3 Å². The van der Waals surface area contributed by atoms with E-state index in [1.807, 2.05) is 62.7 Å². The third-order valence-corrected chi connectivity index (χ3v) is 13.4. The molecule has 4 heterocycles. The van der Waals surface area contributed by atoms with Gasteiger partial charge in [-0.2, -0.15) is 0 Å². The number of benzene rings is 2. The maximum atomic E-state index is 13.5. The molecule has 0 fully saturated rings. The second-order valence-electron chi connectivity index (χ2n) is 17.0. The number of hydrogen-bond acceptors (Lipinski definition) is 6. The minimum Gasteiger partial charge on any atom is -0.361 e. The molecule has 2 aliphatic carbocycles. The van der Waals surface area contributed by atoms with Gasteiger partial charge >= 0.3 is 0 Å². The highest BCUT2D eigenvalue weighted by Crippen LogP contribution is 2.44. The minimum atomic E-state index is -0.404. The van der Waals surface area contributed by atoms with Crippen LogP contribution in [0.2, 0.25) is 0 Å². The van der Waals surface area contributed by atoms with Crippen LogP contribution in [0.3, 0.4) is 0 Å². The molecule has 0 bridgehead atoms. The van der Waals surface area contributed by atoms with E-state index < -0.39 is 6.67 Å². The highest BCUT2D eigenvalue weighted by Gasteiger charge is 2.40. The Morgan fingerprint density at radius 2 is 1.23 bits per heavy atom. The molecule has 0 spiro atoms. The molecule has 2 aliphatic heterocycles. The van der Waals surface area contributed by atoms with Crippen LogP contribution < -0.4 is 0 Å². The fraction of sp³-hybridized carbons (Fsp3) is 0.540. The number of amides is 2. The number of fused-ring (bicyclic) bond motifs is 4. The summed E-state index contributed by atoms with van der Waals surface area (Å²) < 4.78 is 36.3. The van der Waals surface area contributed by atoms with Crippen molar-refractivity contribution in [1.82, 2.24) is 28.7 Å². The van der Waals surface area contributed by atoms with Crippen LogP contribution in [-0.2, 0) is 33.9 Å². The number of aromatic nitrogens is 2. The molecule has 10 nitrogen and oxygen atoms in total. The molecule has 8 rings (SSSR count). The summed E-state index contributed by atoms with van der Waals surface area (Å²) in [5, 5.41) is 2.37. The Balaban J connectivity index is 0.000000186. The van der Waals surface area contributed by atoms with Crippen molar-refractivity contribution in [2.24, 2.45) is 11.8 Å². The predicted molar refractivity (Wildman–Crippen MR) is 245 cm³/mol. The van der Waals surface area contributed by atoms with E-state index in [1.54, 1.807) is 4.57 Å². The van der Waals surface area contributed by atoms with Crippen LogP contribution in [0.25, 0.3) is 33.0 Å². The van der Waals surface area contributed by atoms with Gasteiger partial charge in [-0.3, -0.25) is 33.1 Å². The first kappa shape index (κ1) is 45.4. The Morgan fingerprint density at radius 3 is 1.74 bits per heavy atom. The fourth-order valence-corrected chi connectivity index (χ4v) is 10.4.